The average Bonchev–Trinajstić information content (AvgIpc) is 3.20. The van der Waals surface area contributed by atoms with Crippen LogP contribution in [-0.2, 0) is 30.5 Å². The number of carbonyl (C=O) groups is 1. The fourth-order valence-corrected chi connectivity index (χ4v) is 7.13. The number of aliphatic hydroxyl groups is 2. The van der Waals surface area contributed by atoms with Crippen LogP contribution in [0.4, 0.5) is 4.79 Å². The summed E-state index contributed by atoms with van der Waals surface area (Å²) in [5.74, 6) is 0.625. The molecule has 0 bridgehead atoms. The Hall–Kier alpha value is -4.92. The molecule has 0 spiro atoms. The first kappa shape index (κ1) is 34.9. The molecule has 0 saturated carbocycles. The van der Waals surface area contributed by atoms with Gasteiger partial charge in [0.1, 0.15) is 23.7 Å². The number of aliphatic hydroxyl groups excluding tert-OH is 2. The van der Waals surface area contributed by atoms with E-state index in [2.05, 4.69) is 0 Å². The predicted octanol–water partition coefficient (Wildman–Crippen LogP) is 6.67. The lowest BCUT2D eigenvalue weighted by Gasteiger charge is -2.36. The second-order valence-corrected chi connectivity index (χ2v) is 14.2. The zero-order valence-electron chi connectivity index (χ0n) is 27.5. The molecular formula is C40H41N2O7P. The Morgan fingerprint density at radius 2 is 0.940 bits per heavy atom. The molecule has 1 aliphatic heterocycles. The standard InChI is InChI=1S/C40H41N2O7P/c43-38-36(25-30-13-5-1-6-14-30)41(27-32-15-7-2-8-16-32)40(45)42(28-33-17-9-3-10-18-33)37(39(38)44)26-31-21-23-34(24-22-31)48-29-50(46,47)49-35-19-11-4-12-20-35/h1-24,36-39,43-44H,25-29H2,(H,46,47)/t36-,37-,38+,39+/m1/s1. The molecule has 1 saturated heterocycles. The number of hydrogen-bond acceptors (Lipinski definition) is 6. The van der Waals surface area contributed by atoms with Crippen LogP contribution in [0.1, 0.15) is 22.3 Å². The van der Waals surface area contributed by atoms with Gasteiger partial charge in [0.2, 0.25) is 0 Å². The van der Waals surface area contributed by atoms with E-state index in [0.717, 1.165) is 22.3 Å². The monoisotopic (exact) mass is 692 g/mol. The van der Waals surface area contributed by atoms with E-state index in [0.29, 0.717) is 12.2 Å². The summed E-state index contributed by atoms with van der Waals surface area (Å²) in [5, 5.41) is 23.9. The Labute approximate surface area is 292 Å². The fraction of sp³-hybridized carbons (Fsp3) is 0.225. The molecule has 0 radical (unpaired) electrons. The van der Waals surface area contributed by atoms with Crippen molar-refractivity contribution in [1.82, 2.24) is 9.80 Å². The minimum Gasteiger partial charge on any atom is -0.480 e. The quantitative estimate of drug-likeness (QED) is 0.118. The van der Waals surface area contributed by atoms with Crippen LogP contribution in [0.2, 0.25) is 0 Å². The zero-order chi connectivity index (χ0) is 34.9. The first-order valence-electron chi connectivity index (χ1n) is 16.6. The summed E-state index contributed by atoms with van der Waals surface area (Å²) < 4.78 is 23.4. The summed E-state index contributed by atoms with van der Waals surface area (Å²) in [6.07, 6.45) is -2.47. The zero-order valence-corrected chi connectivity index (χ0v) is 28.4. The van der Waals surface area contributed by atoms with Crippen LogP contribution < -0.4 is 9.26 Å². The van der Waals surface area contributed by atoms with Gasteiger partial charge in [-0.3, -0.25) is 0 Å². The average molecular weight is 693 g/mol. The van der Waals surface area contributed by atoms with Crippen molar-refractivity contribution in [1.29, 1.82) is 0 Å². The smallest absolute Gasteiger partial charge is 0.413 e. The van der Waals surface area contributed by atoms with Gasteiger partial charge in [-0.15, -0.1) is 0 Å². The van der Waals surface area contributed by atoms with Crippen LogP contribution >= 0.6 is 7.60 Å². The van der Waals surface area contributed by atoms with Crippen LogP contribution in [0.5, 0.6) is 11.5 Å². The summed E-state index contributed by atoms with van der Waals surface area (Å²) in [7, 11) is -4.08. The molecule has 0 aliphatic carbocycles. The number of nitrogens with zero attached hydrogens (tertiary/aromatic N) is 2. The van der Waals surface area contributed by atoms with Crippen molar-refractivity contribution in [3.05, 3.63) is 168 Å². The van der Waals surface area contributed by atoms with Gasteiger partial charge >= 0.3 is 13.6 Å². The SMILES string of the molecule is O=C1N(Cc2ccccc2)[C@H](Cc2ccccc2)[C@H](O)[C@@H](O)[C@@H](Cc2ccc(OCP(=O)(O)Oc3ccccc3)cc2)N1Cc1ccccc1. The molecule has 5 atom stereocenters. The largest absolute Gasteiger partial charge is 0.480 e. The maximum atomic E-state index is 14.8. The molecule has 2 amide bonds. The molecule has 3 N–H and O–H groups in total. The van der Waals surface area contributed by atoms with Crippen LogP contribution in [-0.4, -0.2) is 61.6 Å². The highest BCUT2D eigenvalue weighted by Crippen LogP contribution is 2.42. The van der Waals surface area contributed by atoms with Crippen molar-refractivity contribution in [3.63, 3.8) is 0 Å². The summed E-state index contributed by atoms with van der Waals surface area (Å²) in [5.41, 5.74) is 3.53. The lowest BCUT2D eigenvalue weighted by atomic mass is 9.91. The van der Waals surface area contributed by atoms with Crippen molar-refractivity contribution >= 4 is 13.6 Å². The fourth-order valence-electron chi connectivity index (χ4n) is 6.31. The molecular weight excluding hydrogens is 651 g/mol. The second kappa shape index (κ2) is 16.2. The van der Waals surface area contributed by atoms with E-state index in [-0.39, 0.29) is 31.3 Å². The number of para-hydroxylation sites is 1. The third kappa shape index (κ3) is 9.00. The van der Waals surface area contributed by atoms with Gasteiger partial charge in [-0.25, -0.2) is 9.36 Å². The van der Waals surface area contributed by atoms with E-state index in [4.69, 9.17) is 9.26 Å². The highest BCUT2D eigenvalue weighted by atomic mass is 31.2. The molecule has 9 nitrogen and oxygen atoms in total. The van der Waals surface area contributed by atoms with Gasteiger partial charge < -0.3 is 34.2 Å². The molecule has 1 fully saturated rings. The van der Waals surface area contributed by atoms with Crippen LogP contribution in [0.15, 0.2) is 146 Å². The maximum Gasteiger partial charge on any atom is 0.413 e. The topological polar surface area (TPSA) is 120 Å². The third-order valence-corrected chi connectivity index (χ3v) is 9.81. The number of amides is 2. The van der Waals surface area contributed by atoms with Crippen molar-refractivity contribution in [2.45, 2.75) is 50.2 Å². The van der Waals surface area contributed by atoms with Crippen LogP contribution in [0.25, 0.3) is 0 Å². The first-order chi connectivity index (χ1) is 24.3. The summed E-state index contributed by atoms with van der Waals surface area (Å²) in [6, 6.07) is 42.5. The van der Waals surface area contributed by atoms with Gasteiger partial charge in [-0.05, 0) is 59.4 Å². The van der Waals surface area contributed by atoms with Gasteiger partial charge in [0.15, 0.2) is 6.35 Å². The first-order valence-corrected chi connectivity index (χ1v) is 18.4. The normalized spacial score (nSPS) is 20.5. The molecule has 5 aromatic rings. The van der Waals surface area contributed by atoms with Crippen molar-refractivity contribution < 1.29 is 33.7 Å². The van der Waals surface area contributed by atoms with Gasteiger partial charge in [0, 0.05) is 13.1 Å². The van der Waals surface area contributed by atoms with Gasteiger partial charge in [-0.1, -0.05) is 121 Å². The van der Waals surface area contributed by atoms with E-state index in [1.165, 1.54) is 0 Å². The molecule has 6 rings (SSSR count). The van der Waals surface area contributed by atoms with Crippen molar-refractivity contribution in [3.8, 4) is 11.5 Å². The number of carbonyl (C=O) groups excluding carboxylic acids is 1. The molecule has 258 valence electrons. The molecule has 50 heavy (non-hydrogen) atoms. The van der Waals surface area contributed by atoms with Crippen LogP contribution in [0.3, 0.4) is 0 Å². The summed E-state index contributed by atoms with van der Waals surface area (Å²) in [6.45, 7) is 0.486. The van der Waals surface area contributed by atoms with E-state index in [1.807, 2.05) is 91.0 Å². The number of benzene rings is 5. The molecule has 1 heterocycles. The molecule has 1 unspecified atom stereocenters. The Morgan fingerprint density at radius 3 is 1.40 bits per heavy atom. The Kier molecular flexibility index (Phi) is 11.3. The maximum absolute atomic E-state index is 14.8. The van der Waals surface area contributed by atoms with Gasteiger partial charge in [0.05, 0.1) is 12.1 Å². The van der Waals surface area contributed by atoms with Crippen molar-refractivity contribution in [2.75, 3.05) is 6.35 Å². The van der Waals surface area contributed by atoms with Crippen LogP contribution in [0, 0.1) is 0 Å². The summed E-state index contributed by atoms with van der Waals surface area (Å²) in [4.78, 5) is 28.4. The Bertz CT molecular complexity index is 1850. The minimum absolute atomic E-state index is 0.228. The molecule has 0 aromatic heterocycles. The Morgan fingerprint density at radius 1 is 0.540 bits per heavy atom. The highest BCUT2D eigenvalue weighted by molar-refractivity contribution is 7.53. The van der Waals surface area contributed by atoms with E-state index in [1.54, 1.807) is 64.4 Å². The number of urea groups is 1. The highest BCUT2D eigenvalue weighted by Gasteiger charge is 2.46. The lowest BCUT2D eigenvalue weighted by molar-refractivity contribution is -0.0408. The van der Waals surface area contributed by atoms with E-state index < -0.39 is 38.2 Å². The second-order valence-electron chi connectivity index (χ2n) is 12.5. The van der Waals surface area contributed by atoms with E-state index >= 15 is 0 Å². The summed E-state index contributed by atoms with van der Waals surface area (Å²) >= 11 is 0. The third-order valence-electron chi connectivity index (χ3n) is 8.86. The van der Waals surface area contributed by atoms with Gasteiger partial charge in [0.25, 0.3) is 0 Å². The number of ether oxygens (including phenoxy) is 1. The number of hydrogen-bond donors (Lipinski definition) is 3. The van der Waals surface area contributed by atoms with E-state index in [9.17, 15) is 24.5 Å². The molecule has 10 heteroatoms. The predicted molar refractivity (Wildman–Crippen MR) is 192 cm³/mol. The molecule has 1 aliphatic rings. The Balaban J connectivity index is 1.27. The van der Waals surface area contributed by atoms with Crippen molar-refractivity contribution in [2.24, 2.45) is 0 Å². The molecule has 5 aromatic carbocycles. The lowest BCUT2D eigenvalue weighted by Crippen LogP contribution is -2.50. The number of rotatable bonds is 13. The van der Waals surface area contributed by atoms with Gasteiger partial charge in [-0.2, -0.15) is 0 Å². The minimum atomic E-state index is -4.08.